The molecule has 1 aromatic carbocycles. The van der Waals surface area contributed by atoms with Crippen LogP contribution in [0.2, 0.25) is 0 Å². The highest BCUT2D eigenvalue weighted by molar-refractivity contribution is 7.11. The molecule has 0 saturated carbocycles. The van der Waals surface area contributed by atoms with Gasteiger partial charge in [-0.05, 0) is 65.8 Å². The number of rotatable bonds is 5. The molecule has 2 atom stereocenters. The predicted octanol–water partition coefficient (Wildman–Crippen LogP) is 5.61. The van der Waals surface area contributed by atoms with Crippen molar-refractivity contribution in [3.8, 4) is 6.07 Å². The molecule has 0 spiro atoms. The lowest BCUT2D eigenvalue weighted by molar-refractivity contribution is 0.631. The van der Waals surface area contributed by atoms with Gasteiger partial charge in [0, 0.05) is 16.8 Å². The third kappa shape index (κ3) is 4.36. The van der Waals surface area contributed by atoms with E-state index in [0.29, 0.717) is 17.4 Å². The molecule has 3 aromatic rings. The van der Waals surface area contributed by atoms with Crippen LogP contribution in [0.3, 0.4) is 0 Å². The van der Waals surface area contributed by atoms with Crippen molar-refractivity contribution in [1.82, 2.24) is 9.97 Å². The number of benzene rings is 1. The number of nitrogens with zero attached hydrogens (tertiary/aromatic N) is 3. The van der Waals surface area contributed by atoms with Gasteiger partial charge in [-0.15, -0.1) is 11.3 Å². The number of aromatic nitrogens is 2. The predicted molar refractivity (Wildman–Crippen MR) is 119 cm³/mol. The average molecular weight is 400 g/mol. The van der Waals surface area contributed by atoms with Crippen molar-refractivity contribution in [2.24, 2.45) is 5.92 Å². The second kappa shape index (κ2) is 8.29. The Morgan fingerprint density at radius 2 is 1.97 bits per heavy atom. The lowest BCUT2D eigenvalue weighted by Gasteiger charge is -2.29. The van der Waals surface area contributed by atoms with Gasteiger partial charge in [-0.1, -0.05) is 25.1 Å². The minimum Gasteiger partial charge on any atom is -0.363 e. The third-order valence-electron chi connectivity index (χ3n) is 4.88. The van der Waals surface area contributed by atoms with E-state index in [1.54, 1.807) is 29.7 Å². The Kier molecular flexibility index (Phi) is 5.41. The number of nitriles is 1. The van der Waals surface area contributed by atoms with Crippen LogP contribution < -0.4 is 10.6 Å². The van der Waals surface area contributed by atoms with Gasteiger partial charge in [-0.25, -0.2) is 4.98 Å². The van der Waals surface area contributed by atoms with Crippen molar-refractivity contribution in [3.05, 3.63) is 82.2 Å². The molecule has 0 fully saturated rings. The van der Waals surface area contributed by atoms with Gasteiger partial charge in [0.1, 0.15) is 5.82 Å². The number of hydrogen-bond acceptors (Lipinski definition) is 6. The molecule has 5 nitrogen and oxygen atoms in total. The van der Waals surface area contributed by atoms with Gasteiger partial charge in [0.25, 0.3) is 0 Å². The largest absolute Gasteiger partial charge is 0.363 e. The Balaban J connectivity index is 1.48. The van der Waals surface area contributed by atoms with Gasteiger partial charge in [-0.3, -0.25) is 0 Å². The standard InChI is InChI=1S/C23H21N5S/c1-15-12-18(20-4-3-11-29-20)13-16(2)22(15)27-21-9-10-25-23(28-21)26-19-7-5-17(14-24)6-8-19/h3-13,15,22H,1-2H3,(H2,25,26,27,28). The monoisotopic (exact) mass is 399 g/mol. The Morgan fingerprint density at radius 3 is 2.66 bits per heavy atom. The molecule has 1 aliphatic carbocycles. The number of hydrogen-bond donors (Lipinski definition) is 2. The van der Waals surface area contributed by atoms with Crippen LogP contribution in [-0.4, -0.2) is 16.0 Å². The smallest absolute Gasteiger partial charge is 0.229 e. The molecule has 2 unspecified atom stereocenters. The summed E-state index contributed by atoms with van der Waals surface area (Å²) in [6, 6.07) is 15.6. The van der Waals surface area contributed by atoms with Crippen LogP contribution in [-0.2, 0) is 0 Å². The van der Waals surface area contributed by atoms with Crippen LogP contribution in [0.4, 0.5) is 17.5 Å². The summed E-state index contributed by atoms with van der Waals surface area (Å²) in [6.45, 7) is 4.38. The van der Waals surface area contributed by atoms with Crippen molar-refractivity contribution in [2.75, 3.05) is 10.6 Å². The molecule has 1 aliphatic rings. The SMILES string of the molecule is CC1=CC(c2cccs2)=CC(C)C1Nc1ccnc(Nc2ccc(C#N)cc2)n1. The number of nitrogens with one attached hydrogen (secondary N) is 2. The molecule has 0 radical (unpaired) electrons. The summed E-state index contributed by atoms with van der Waals surface area (Å²) >= 11 is 1.76. The molecule has 0 aliphatic heterocycles. The zero-order valence-corrected chi connectivity index (χ0v) is 17.1. The van der Waals surface area contributed by atoms with Gasteiger partial charge >= 0.3 is 0 Å². The van der Waals surface area contributed by atoms with Crippen molar-refractivity contribution in [1.29, 1.82) is 5.26 Å². The fraction of sp³-hybridized carbons (Fsp3) is 0.174. The minimum atomic E-state index is 0.177. The zero-order chi connectivity index (χ0) is 20.2. The summed E-state index contributed by atoms with van der Waals surface area (Å²) in [4.78, 5) is 10.2. The van der Waals surface area contributed by atoms with Crippen LogP contribution in [0.5, 0.6) is 0 Å². The summed E-state index contributed by atoms with van der Waals surface area (Å²) in [7, 11) is 0. The topological polar surface area (TPSA) is 73.6 Å². The van der Waals surface area contributed by atoms with Gasteiger partial charge in [-0.2, -0.15) is 10.2 Å². The lowest BCUT2D eigenvalue weighted by atomic mass is 9.87. The number of anilines is 3. The van der Waals surface area contributed by atoms with E-state index in [1.807, 2.05) is 18.2 Å². The van der Waals surface area contributed by atoms with E-state index >= 15 is 0 Å². The fourth-order valence-corrected chi connectivity index (χ4v) is 4.16. The van der Waals surface area contributed by atoms with Crippen molar-refractivity contribution < 1.29 is 0 Å². The maximum absolute atomic E-state index is 8.91. The fourth-order valence-electron chi connectivity index (χ4n) is 3.43. The van der Waals surface area contributed by atoms with Crippen LogP contribution in [0.25, 0.3) is 5.57 Å². The van der Waals surface area contributed by atoms with E-state index in [0.717, 1.165) is 11.5 Å². The Morgan fingerprint density at radius 1 is 1.14 bits per heavy atom. The zero-order valence-electron chi connectivity index (χ0n) is 16.3. The van der Waals surface area contributed by atoms with E-state index in [1.165, 1.54) is 16.0 Å². The summed E-state index contributed by atoms with van der Waals surface area (Å²) in [5.74, 6) is 1.62. The second-order valence-corrected chi connectivity index (χ2v) is 8.00. The molecule has 0 bridgehead atoms. The molecule has 2 aromatic heterocycles. The quantitative estimate of drug-likeness (QED) is 0.583. The number of thiophene rings is 1. The Bertz CT molecular complexity index is 1090. The minimum absolute atomic E-state index is 0.177. The molecule has 0 saturated heterocycles. The highest BCUT2D eigenvalue weighted by atomic mass is 32.1. The van der Waals surface area contributed by atoms with Crippen LogP contribution in [0.1, 0.15) is 24.3 Å². The molecule has 6 heteroatoms. The van der Waals surface area contributed by atoms with E-state index in [4.69, 9.17) is 5.26 Å². The maximum atomic E-state index is 8.91. The van der Waals surface area contributed by atoms with E-state index in [9.17, 15) is 0 Å². The molecule has 29 heavy (non-hydrogen) atoms. The third-order valence-corrected chi connectivity index (χ3v) is 5.80. The van der Waals surface area contributed by atoms with E-state index in [2.05, 4.69) is 70.2 Å². The summed E-state index contributed by atoms with van der Waals surface area (Å²) < 4.78 is 0. The summed E-state index contributed by atoms with van der Waals surface area (Å²) in [5.41, 5.74) is 4.03. The molecular weight excluding hydrogens is 378 g/mol. The van der Waals surface area contributed by atoms with Crippen molar-refractivity contribution in [2.45, 2.75) is 19.9 Å². The molecule has 2 heterocycles. The lowest BCUT2D eigenvalue weighted by Crippen LogP contribution is -2.30. The van der Waals surface area contributed by atoms with Gasteiger partial charge < -0.3 is 10.6 Å². The normalized spacial score (nSPS) is 18.4. The first-order valence-electron chi connectivity index (χ1n) is 9.43. The highest BCUT2D eigenvalue weighted by Crippen LogP contribution is 2.32. The summed E-state index contributed by atoms with van der Waals surface area (Å²) in [5, 5.41) is 17.8. The molecule has 2 N–H and O–H groups in total. The van der Waals surface area contributed by atoms with Crippen LogP contribution in [0.15, 0.2) is 71.8 Å². The van der Waals surface area contributed by atoms with Crippen LogP contribution in [0, 0.1) is 17.2 Å². The molecule has 4 rings (SSSR count). The molecule has 144 valence electrons. The number of allylic oxidation sites excluding steroid dienone is 2. The second-order valence-electron chi connectivity index (χ2n) is 7.05. The molecule has 0 amide bonds. The van der Waals surface area contributed by atoms with Crippen LogP contribution >= 0.6 is 11.3 Å². The highest BCUT2D eigenvalue weighted by Gasteiger charge is 2.23. The Labute approximate surface area is 174 Å². The first-order valence-corrected chi connectivity index (χ1v) is 10.3. The first kappa shape index (κ1) is 18.9. The van der Waals surface area contributed by atoms with Gasteiger partial charge in [0.15, 0.2) is 0 Å². The van der Waals surface area contributed by atoms with E-state index < -0.39 is 0 Å². The maximum Gasteiger partial charge on any atom is 0.229 e. The molecular formula is C23H21N5S. The Hall–Kier alpha value is -3.43. The average Bonchev–Trinajstić information content (AvgIpc) is 3.26. The van der Waals surface area contributed by atoms with Gasteiger partial charge in [0.05, 0.1) is 17.7 Å². The van der Waals surface area contributed by atoms with Crippen molar-refractivity contribution in [3.63, 3.8) is 0 Å². The summed E-state index contributed by atoms with van der Waals surface area (Å²) in [6.07, 6.45) is 6.30. The van der Waals surface area contributed by atoms with E-state index in [-0.39, 0.29) is 6.04 Å². The van der Waals surface area contributed by atoms with Crippen molar-refractivity contribution >= 4 is 34.4 Å². The van der Waals surface area contributed by atoms with Gasteiger partial charge in [0.2, 0.25) is 5.95 Å². The first-order chi connectivity index (χ1) is 14.1.